The molecule has 0 N–H and O–H groups in total. The summed E-state index contributed by atoms with van der Waals surface area (Å²) >= 11 is 5.46. The largest absolute Gasteiger partial charge is 0.491 e. The van der Waals surface area contributed by atoms with Gasteiger partial charge >= 0.3 is 0 Å². The average molecular weight is 319 g/mol. The molecule has 6 heteroatoms. The molecule has 1 rings (SSSR count). The van der Waals surface area contributed by atoms with Crippen LogP contribution in [0, 0.1) is 17.7 Å². The van der Waals surface area contributed by atoms with Gasteiger partial charge in [-0.25, -0.2) is 12.8 Å². The van der Waals surface area contributed by atoms with Crippen molar-refractivity contribution in [3.8, 4) is 17.6 Å². The van der Waals surface area contributed by atoms with Gasteiger partial charge in [-0.15, -0.1) is 11.6 Å². The molecule has 0 atom stereocenters. The van der Waals surface area contributed by atoms with Gasteiger partial charge in [0.25, 0.3) is 0 Å². The van der Waals surface area contributed by atoms with Crippen molar-refractivity contribution in [1.82, 2.24) is 0 Å². The van der Waals surface area contributed by atoms with E-state index in [-0.39, 0.29) is 24.0 Å². The Bertz CT molecular complexity index is 603. The third kappa shape index (κ3) is 5.81. The lowest BCUT2D eigenvalue weighted by molar-refractivity contribution is 0.339. The Morgan fingerprint density at radius 2 is 2.10 bits per heavy atom. The summed E-state index contributed by atoms with van der Waals surface area (Å²) in [4.78, 5) is 0. The molecular weight excluding hydrogens is 303 g/mol. The first-order valence-corrected chi connectivity index (χ1v) is 8.51. The highest BCUT2D eigenvalue weighted by molar-refractivity contribution is 7.91. The fraction of sp³-hybridized carbons (Fsp3) is 0.429. The second-order valence-electron chi connectivity index (χ2n) is 4.08. The standard InChI is InChI=1S/C14H16ClFO3S/c1-2-9-20(17,18)10-8-19-14-6-5-13(16)11-12(14)4-3-7-15/h5-6,11H,2,7-10H2,1H3. The summed E-state index contributed by atoms with van der Waals surface area (Å²) in [6.07, 6.45) is 0.575. The minimum atomic E-state index is -3.10. The molecular formula is C14H16ClFO3S. The highest BCUT2D eigenvalue weighted by atomic mass is 35.5. The van der Waals surface area contributed by atoms with E-state index in [1.54, 1.807) is 6.92 Å². The number of hydrogen-bond acceptors (Lipinski definition) is 3. The van der Waals surface area contributed by atoms with E-state index in [0.717, 1.165) is 0 Å². The van der Waals surface area contributed by atoms with Gasteiger partial charge in [0.1, 0.15) is 18.2 Å². The zero-order valence-corrected chi connectivity index (χ0v) is 12.7. The summed E-state index contributed by atoms with van der Waals surface area (Å²) in [5.74, 6) is 5.41. The number of rotatable bonds is 6. The number of benzene rings is 1. The molecule has 0 unspecified atom stereocenters. The van der Waals surface area contributed by atoms with E-state index in [1.165, 1.54) is 18.2 Å². The van der Waals surface area contributed by atoms with Crippen molar-refractivity contribution < 1.29 is 17.5 Å². The molecule has 0 radical (unpaired) electrons. The van der Waals surface area contributed by atoms with E-state index in [4.69, 9.17) is 16.3 Å². The lowest BCUT2D eigenvalue weighted by Gasteiger charge is -2.08. The molecule has 0 aromatic heterocycles. The van der Waals surface area contributed by atoms with Crippen LogP contribution in [0.5, 0.6) is 5.75 Å². The number of ether oxygens (including phenoxy) is 1. The van der Waals surface area contributed by atoms with E-state index < -0.39 is 15.7 Å². The topological polar surface area (TPSA) is 43.4 Å². The van der Waals surface area contributed by atoms with Crippen LogP contribution in [0.4, 0.5) is 4.39 Å². The van der Waals surface area contributed by atoms with Gasteiger partial charge in [0, 0.05) is 0 Å². The second-order valence-corrected chi connectivity index (χ2v) is 6.65. The molecule has 0 saturated heterocycles. The molecule has 0 aliphatic heterocycles. The van der Waals surface area contributed by atoms with Gasteiger partial charge in [0.15, 0.2) is 9.84 Å². The van der Waals surface area contributed by atoms with Crippen LogP contribution in [-0.2, 0) is 9.84 Å². The Kier molecular flexibility index (Phi) is 6.83. The minimum absolute atomic E-state index is 0.0174. The molecule has 0 spiro atoms. The summed E-state index contributed by atoms with van der Waals surface area (Å²) in [7, 11) is -3.10. The molecule has 0 heterocycles. The minimum Gasteiger partial charge on any atom is -0.491 e. The molecule has 0 aliphatic rings. The fourth-order valence-electron chi connectivity index (χ4n) is 1.55. The molecule has 0 fully saturated rings. The van der Waals surface area contributed by atoms with Gasteiger partial charge in [0.2, 0.25) is 0 Å². The first kappa shape index (κ1) is 16.8. The number of halogens is 2. The van der Waals surface area contributed by atoms with E-state index in [9.17, 15) is 12.8 Å². The molecule has 0 bridgehead atoms. The molecule has 110 valence electrons. The Morgan fingerprint density at radius 3 is 2.75 bits per heavy atom. The third-order valence-electron chi connectivity index (χ3n) is 2.40. The number of alkyl halides is 1. The zero-order chi connectivity index (χ0) is 15.0. The maximum absolute atomic E-state index is 13.1. The summed E-state index contributed by atoms with van der Waals surface area (Å²) in [6, 6.07) is 3.90. The summed E-state index contributed by atoms with van der Waals surface area (Å²) in [6.45, 7) is 1.82. The Morgan fingerprint density at radius 1 is 1.35 bits per heavy atom. The average Bonchev–Trinajstić information content (AvgIpc) is 2.38. The zero-order valence-electron chi connectivity index (χ0n) is 11.2. The van der Waals surface area contributed by atoms with Gasteiger partial charge in [-0.05, 0) is 24.6 Å². The quantitative estimate of drug-likeness (QED) is 0.598. The molecule has 0 saturated carbocycles. The lowest BCUT2D eigenvalue weighted by atomic mass is 10.2. The van der Waals surface area contributed by atoms with Gasteiger partial charge in [-0.3, -0.25) is 0 Å². The summed E-state index contributed by atoms with van der Waals surface area (Å²) < 4.78 is 41.6. The van der Waals surface area contributed by atoms with Crippen LogP contribution in [-0.4, -0.2) is 32.4 Å². The number of sulfone groups is 1. The van der Waals surface area contributed by atoms with E-state index in [2.05, 4.69) is 11.8 Å². The van der Waals surface area contributed by atoms with Crippen molar-refractivity contribution in [3.05, 3.63) is 29.6 Å². The predicted molar refractivity (Wildman–Crippen MR) is 78.4 cm³/mol. The van der Waals surface area contributed by atoms with Gasteiger partial charge in [-0.1, -0.05) is 18.8 Å². The lowest BCUT2D eigenvalue weighted by Crippen LogP contribution is -2.17. The smallest absolute Gasteiger partial charge is 0.153 e. The van der Waals surface area contributed by atoms with Gasteiger partial charge in [-0.2, -0.15) is 0 Å². The number of hydrogen-bond donors (Lipinski definition) is 0. The highest BCUT2D eigenvalue weighted by Crippen LogP contribution is 2.18. The van der Waals surface area contributed by atoms with E-state index in [0.29, 0.717) is 17.7 Å². The molecule has 20 heavy (non-hydrogen) atoms. The summed E-state index contributed by atoms with van der Waals surface area (Å²) in [5.41, 5.74) is 0.360. The van der Waals surface area contributed by atoms with Crippen LogP contribution in [0.3, 0.4) is 0 Å². The van der Waals surface area contributed by atoms with Crippen molar-refractivity contribution in [2.75, 3.05) is 24.0 Å². The van der Waals surface area contributed by atoms with Crippen molar-refractivity contribution in [3.63, 3.8) is 0 Å². The molecule has 0 aliphatic carbocycles. The Hall–Kier alpha value is -1.25. The molecule has 1 aromatic rings. The van der Waals surface area contributed by atoms with E-state index >= 15 is 0 Å². The molecule has 1 aromatic carbocycles. The Labute approximate surface area is 124 Å². The second kappa shape index (κ2) is 8.13. The maximum atomic E-state index is 13.1. The van der Waals surface area contributed by atoms with Crippen LogP contribution >= 0.6 is 11.6 Å². The maximum Gasteiger partial charge on any atom is 0.153 e. The third-order valence-corrected chi connectivity index (χ3v) is 4.35. The van der Waals surface area contributed by atoms with Crippen molar-refractivity contribution in [1.29, 1.82) is 0 Å². The first-order valence-electron chi connectivity index (χ1n) is 6.16. The van der Waals surface area contributed by atoms with Crippen molar-refractivity contribution >= 4 is 21.4 Å². The van der Waals surface area contributed by atoms with Gasteiger partial charge < -0.3 is 4.74 Å². The summed E-state index contributed by atoms with van der Waals surface area (Å²) in [5, 5.41) is 0. The van der Waals surface area contributed by atoms with Crippen LogP contribution in [0.2, 0.25) is 0 Å². The van der Waals surface area contributed by atoms with Crippen LogP contribution < -0.4 is 4.74 Å². The van der Waals surface area contributed by atoms with Gasteiger partial charge in [0.05, 0.1) is 22.9 Å². The normalized spacial score (nSPS) is 10.8. The highest BCUT2D eigenvalue weighted by Gasteiger charge is 2.10. The molecule has 3 nitrogen and oxygen atoms in total. The first-order chi connectivity index (χ1) is 9.48. The van der Waals surface area contributed by atoms with Crippen molar-refractivity contribution in [2.45, 2.75) is 13.3 Å². The van der Waals surface area contributed by atoms with Crippen LogP contribution in [0.15, 0.2) is 18.2 Å². The fourth-order valence-corrected chi connectivity index (χ4v) is 2.78. The Balaban J connectivity index is 2.73. The van der Waals surface area contributed by atoms with E-state index in [1.807, 2.05) is 0 Å². The SMILES string of the molecule is CCCS(=O)(=O)CCOc1ccc(F)cc1C#CCCl. The molecule has 0 amide bonds. The monoisotopic (exact) mass is 318 g/mol. The van der Waals surface area contributed by atoms with Crippen molar-refractivity contribution in [2.24, 2.45) is 0 Å². The van der Waals surface area contributed by atoms with Crippen LogP contribution in [0.1, 0.15) is 18.9 Å². The predicted octanol–water partition coefficient (Wildman–Crippen LogP) is 2.62. The van der Waals surface area contributed by atoms with Crippen LogP contribution in [0.25, 0.3) is 0 Å².